The fourth-order valence-corrected chi connectivity index (χ4v) is 3.03. The molecule has 2 rings (SSSR count). The molecule has 0 bridgehead atoms. The molecule has 88 valence electrons. The van der Waals surface area contributed by atoms with E-state index in [1.165, 1.54) is 38.8 Å². The number of likely N-dealkylation sites (tertiary alicyclic amines) is 1. The number of hydrogen-bond donors (Lipinski definition) is 1. The molecule has 0 atom stereocenters. The van der Waals surface area contributed by atoms with Crippen molar-refractivity contribution in [2.45, 2.75) is 45.6 Å². The Morgan fingerprint density at radius 2 is 1.80 bits per heavy atom. The van der Waals surface area contributed by atoms with Crippen LogP contribution in [0.3, 0.4) is 0 Å². The van der Waals surface area contributed by atoms with Crippen LogP contribution in [0, 0.1) is 17.8 Å². The summed E-state index contributed by atoms with van der Waals surface area (Å²) in [6.07, 6.45) is 5.56. The monoisotopic (exact) mass is 210 g/mol. The van der Waals surface area contributed by atoms with Gasteiger partial charge in [0, 0.05) is 6.04 Å². The maximum atomic E-state index is 5.71. The topological polar surface area (TPSA) is 29.3 Å². The van der Waals surface area contributed by atoms with Crippen molar-refractivity contribution in [3.05, 3.63) is 0 Å². The zero-order valence-corrected chi connectivity index (χ0v) is 10.3. The van der Waals surface area contributed by atoms with Gasteiger partial charge < -0.3 is 10.6 Å². The van der Waals surface area contributed by atoms with Crippen molar-refractivity contribution >= 4 is 0 Å². The zero-order valence-electron chi connectivity index (χ0n) is 10.3. The Balaban J connectivity index is 1.70. The minimum atomic E-state index is 0.808. The van der Waals surface area contributed by atoms with Gasteiger partial charge in [-0.1, -0.05) is 13.8 Å². The molecule has 2 nitrogen and oxygen atoms in total. The largest absolute Gasteiger partial charge is 0.330 e. The number of piperidine rings is 1. The van der Waals surface area contributed by atoms with E-state index < -0.39 is 0 Å². The molecule has 15 heavy (non-hydrogen) atoms. The fraction of sp³-hybridized carbons (Fsp3) is 1.00. The molecule has 2 aliphatic rings. The van der Waals surface area contributed by atoms with Crippen molar-refractivity contribution in [3.63, 3.8) is 0 Å². The van der Waals surface area contributed by atoms with Crippen LogP contribution in [-0.4, -0.2) is 30.6 Å². The Bertz CT molecular complexity index is 189. The number of nitrogens with zero attached hydrogens (tertiary/aromatic N) is 1. The lowest BCUT2D eigenvalue weighted by molar-refractivity contribution is 0.0324. The summed E-state index contributed by atoms with van der Waals surface area (Å²) in [7, 11) is 0. The summed E-state index contributed by atoms with van der Waals surface area (Å²) in [5.74, 6) is 2.70. The summed E-state index contributed by atoms with van der Waals surface area (Å²) in [5.41, 5.74) is 5.71. The Kier molecular flexibility index (Phi) is 3.68. The second kappa shape index (κ2) is 4.84. The smallest absolute Gasteiger partial charge is 0.0101 e. The summed E-state index contributed by atoms with van der Waals surface area (Å²) in [4.78, 5) is 2.71. The molecule has 1 aliphatic carbocycles. The molecule has 0 amide bonds. The highest BCUT2D eigenvalue weighted by Gasteiger charge is 2.36. The first-order chi connectivity index (χ1) is 7.20. The second-order valence-electron chi connectivity index (χ2n) is 5.84. The van der Waals surface area contributed by atoms with Crippen LogP contribution in [0.25, 0.3) is 0 Å². The predicted octanol–water partition coefficient (Wildman–Crippen LogP) is 2.09. The van der Waals surface area contributed by atoms with Gasteiger partial charge in [0.2, 0.25) is 0 Å². The van der Waals surface area contributed by atoms with Crippen LogP contribution in [0.1, 0.15) is 39.5 Å². The van der Waals surface area contributed by atoms with E-state index in [-0.39, 0.29) is 0 Å². The molecule has 0 unspecified atom stereocenters. The molecule has 2 fully saturated rings. The predicted molar refractivity (Wildman–Crippen MR) is 64.7 cm³/mol. The molecule has 1 heterocycles. The van der Waals surface area contributed by atoms with Crippen LogP contribution in [0.15, 0.2) is 0 Å². The summed E-state index contributed by atoms with van der Waals surface area (Å²) in [6.45, 7) is 8.23. The maximum Gasteiger partial charge on any atom is 0.0101 e. The average Bonchev–Trinajstić information content (AvgIpc) is 2.16. The first-order valence-electron chi connectivity index (χ1n) is 6.64. The van der Waals surface area contributed by atoms with Crippen LogP contribution < -0.4 is 5.73 Å². The highest BCUT2D eigenvalue weighted by Crippen LogP contribution is 2.38. The van der Waals surface area contributed by atoms with E-state index in [4.69, 9.17) is 5.73 Å². The normalized spacial score (nSPS) is 34.4. The minimum absolute atomic E-state index is 0.808. The van der Waals surface area contributed by atoms with Crippen molar-refractivity contribution in [1.29, 1.82) is 0 Å². The van der Waals surface area contributed by atoms with Gasteiger partial charge in [0.15, 0.2) is 0 Å². The molecular formula is C13H26N2. The highest BCUT2D eigenvalue weighted by molar-refractivity contribution is 4.90. The van der Waals surface area contributed by atoms with Crippen LogP contribution in [0.4, 0.5) is 0 Å². The lowest BCUT2D eigenvalue weighted by Crippen LogP contribution is -2.49. The van der Waals surface area contributed by atoms with Gasteiger partial charge in [0.05, 0.1) is 0 Å². The Labute approximate surface area is 94.2 Å². The van der Waals surface area contributed by atoms with Gasteiger partial charge in [0.1, 0.15) is 0 Å². The fourth-order valence-electron chi connectivity index (χ4n) is 3.03. The van der Waals surface area contributed by atoms with E-state index in [0.717, 1.165) is 30.3 Å². The summed E-state index contributed by atoms with van der Waals surface area (Å²) in [6, 6.07) is 0.913. The first kappa shape index (κ1) is 11.4. The average molecular weight is 210 g/mol. The third-order valence-electron chi connectivity index (χ3n) is 4.59. The van der Waals surface area contributed by atoms with Crippen LogP contribution in [0.2, 0.25) is 0 Å². The molecule has 0 aromatic carbocycles. The van der Waals surface area contributed by atoms with E-state index in [0.29, 0.717) is 0 Å². The van der Waals surface area contributed by atoms with Crippen molar-refractivity contribution in [3.8, 4) is 0 Å². The molecule has 1 saturated heterocycles. The molecule has 2 N–H and O–H groups in total. The minimum Gasteiger partial charge on any atom is -0.330 e. The highest BCUT2D eigenvalue weighted by atomic mass is 15.2. The van der Waals surface area contributed by atoms with Crippen molar-refractivity contribution in [1.82, 2.24) is 4.90 Å². The standard InChI is InChI=1S/C13H26N2/c1-10(2)12-7-13(8-12)15-5-3-11(9-14)4-6-15/h10-13H,3-9,14H2,1-2H3. The first-order valence-corrected chi connectivity index (χ1v) is 6.64. The summed E-state index contributed by atoms with van der Waals surface area (Å²) in [5, 5.41) is 0. The molecule has 2 heteroatoms. The van der Waals surface area contributed by atoms with Crippen molar-refractivity contribution in [2.24, 2.45) is 23.5 Å². The lowest BCUT2D eigenvalue weighted by Gasteiger charge is -2.47. The number of rotatable bonds is 3. The van der Waals surface area contributed by atoms with Gasteiger partial charge in [-0.15, -0.1) is 0 Å². The van der Waals surface area contributed by atoms with Gasteiger partial charge in [-0.25, -0.2) is 0 Å². The van der Waals surface area contributed by atoms with Gasteiger partial charge >= 0.3 is 0 Å². The van der Waals surface area contributed by atoms with E-state index in [9.17, 15) is 0 Å². The molecule has 1 saturated carbocycles. The van der Waals surface area contributed by atoms with Gasteiger partial charge in [-0.05, 0) is 63.1 Å². The number of nitrogens with two attached hydrogens (primary N) is 1. The van der Waals surface area contributed by atoms with Crippen molar-refractivity contribution < 1.29 is 0 Å². The van der Waals surface area contributed by atoms with Crippen LogP contribution >= 0.6 is 0 Å². The number of hydrogen-bond acceptors (Lipinski definition) is 2. The van der Waals surface area contributed by atoms with Gasteiger partial charge in [-0.2, -0.15) is 0 Å². The second-order valence-corrected chi connectivity index (χ2v) is 5.84. The molecular weight excluding hydrogens is 184 g/mol. The summed E-state index contributed by atoms with van der Waals surface area (Å²) >= 11 is 0. The molecule has 1 aliphatic heterocycles. The van der Waals surface area contributed by atoms with E-state index in [1.807, 2.05) is 0 Å². The Morgan fingerprint density at radius 3 is 2.27 bits per heavy atom. The van der Waals surface area contributed by atoms with Crippen LogP contribution in [-0.2, 0) is 0 Å². The molecule has 0 spiro atoms. The SMILES string of the molecule is CC(C)C1CC(N2CCC(CN)CC2)C1. The summed E-state index contributed by atoms with van der Waals surface area (Å²) < 4.78 is 0. The third-order valence-corrected chi connectivity index (χ3v) is 4.59. The van der Waals surface area contributed by atoms with Crippen LogP contribution in [0.5, 0.6) is 0 Å². The zero-order chi connectivity index (χ0) is 10.8. The third kappa shape index (κ3) is 2.54. The van der Waals surface area contributed by atoms with Crippen molar-refractivity contribution in [2.75, 3.05) is 19.6 Å². The lowest BCUT2D eigenvalue weighted by atomic mass is 9.72. The molecule has 0 aromatic rings. The quantitative estimate of drug-likeness (QED) is 0.773. The van der Waals surface area contributed by atoms with E-state index in [1.54, 1.807) is 0 Å². The van der Waals surface area contributed by atoms with Gasteiger partial charge in [0.25, 0.3) is 0 Å². The maximum absolute atomic E-state index is 5.71. The Hall–Kier alpha value is -0.0800. The van der Waals surface area contributed by atoms with E-state index in [2.05, 4.69) is 18.7 Å². The molecule has 0 radical (unpaired) electrons. The molecule has 0 aromatic heterocycles. The Morgan fingerprint density at radius 1 is 1.20 bits per heavy atom. The van der Waals surface area contributed by atoms with E-state index >= 15 is 0 Å². The van der Waals surface area contributed by atoms with Gasteiger partial charge in [-0.3, -0.25) is 0 Å².